The first-order chi connectivity index (χ1) is 22.8. The van der Waals surface area contributed by atoms with Gasteiger partial charge < -0.3 is 9.47 Å². The summed E-state index contributed by atoms with van der Waals surface area (Å²) in [5, 5.41) is 1.22. The first kappa shape index (κ1) is 26.1. The quantitative estimate of drug-likeness (QED) is 0.205. The predicted octanol–water partition coefficient (Wildman–Crippen LogP) is 10.3. The van der Waals surface area contributed by atoms with Gasteiger partial charge in [0.15, 0.2) is 17.5 Å². The standard InChI is InChI=1S/C41H27N5/c1-3-14-28(15-4-1)39-42-40(29-16-5-2-6-17-29)44-41(43-39)31-19-13-20-32(26-31)45-35-23-10-8-21-33(35)38-27-30-18-7-9-22-34(30)46(38)37-25-12-11-24-36(37)45/h1-27H. The van der Waals surface area contributed by atoms with Crippen LogP contribution in [0.1, 0.15) is 0 Å². The third kappa shape index (κ3) is 4.29. The highest BCUT2D eigenvalue weighted by Crippen LogP contribution is 2.48. The monoisotopic (exact) mass is 589 g/mol. The maximum absolute atomic E-state index is 5.01. The molecule has 0 spiro atoms. The number of para-hydroxylation sites is 4. The van der Waals surface area contributed by atoms with Gasteiger partial charge in [0.2, 0.25) is 0 Å². The molecule has 0 unspecified atom stereocenters. The summed E-state index contributed by atoms with van der Waals surface area (Å²) in [5.41, 5.74) is 10.7. The van der Waals surface area contributed by atoms with Crippen molar-refractivity contribution >= 4 is 28.0 Å². The van der Waals surface area contributed by atoms with Crippen LogP contribution in [0.2, 0.25) is 0 Å². The molecule has 3 heterocycles. The van der Waals surface area contributed by atoms with E-state index in [0.717, 1.165) is 45.0 Å². The number of aromatic nitrogens is 4. The second-order valence-electron chi connectivity index (χ2n) is 11.4. The highest BCUT2D eigenvalue weighted by Gasteiger charge is 2.27. The molecule has 0 radical (unpaired) electrons. The third-order valence-corrected chi connectivity index (χ3v) is 8.56. The number of hydrogen-bond donors (Lipinski definition) is 0. The van der Waals surface area contributed by atoms with Crippen molar-refractivity contribution in [3.8, 4) is 51.1 Å². The van der Waals surface area contributed by atoms with Crippen LogP contribution in [0.4, 0.5) is 17.1 Å². The van der Waals surface area contributed by atoms with E-state index in [1.54, 1.807) is 0 Å². The average molecular weight is 590 g/mol. The van der Waals surface area contributed by atoms with Crippen molar-refractivity contribution in [2.75, 3.05) is 4.90 Å². The zero-order valence-electron chi connectivity index (χ0n) is 24.8. The van der Waals surface area contributed by atoms with Crippen LogP contribution in [-0.4, -0.2) is 19.5 Å². The molecule has 46 heavy (non-hydrogen) atoms. The molecule has 0 aliphatic carbocycles. The fourth-order valence-corrected chi connectivity index (χ4v) is 6.47. The topological polar surface area (TPSA) is 46.8 Å². The largest absolute Gasteiger partial charge is 0.308 e. The van der Waals surface area contributed by atoms with Crippen LogP contribution in [0.5, 0.6) is 0 Å². The van der Waals surface area contributed by atoms with Gasteiger partial charge in [-0.05, 0) is 42.5 Å². The number of nitrogens with zero attached hydrogens (tertiary/aromatic N) is 5. The number of rotatable bonds is 4. The van der Waals surface area contributed by atoms with E-state index in [2.05, 4.69) is 113 Å². The Bertz CT molecular complexity index is 2320. The number of fused-ring (bicyclic) bond motifs is 7. The predicted molar refractivity (Wildman–Crippen MR) is 187 cm³/mol. The van der Waals surface area contributed by atoms with Crippen LogP contribution in [0, 0.1) is 0 Å². The summed E-state index contributed by atoms with van der Waals surface area (Å²) in [7, 11) is 0. The zero-order valence-corrected chi connectivity index (χ0v) is 24.8. The maximum atomic E-state index is 5.01. The summed E-state index contributed by atoms with van der Waals surface area (Å²) in [4.78, 5) is 17.3. The SMILES string of the molecule is c1ccc(-c2nc(-c3ccccc3)nc(-c3cccc(N4c5ccccc5-c5cc6ccccc6n5-c5ccccc54)c3)n2)cc1. The van der Waals surface area contributed by atoms with Crippen LogP contribution in [0.25, 0.3) is 62.0 Å². The van der Waals surface area contributed by atoms with Crippen molar-refractivity contribution in [2.45, 2.75) is 0 Å². The highest BCUT2D eigenvalue weighted by atomic mass is 15.2. The minimum atomic E-state index is 0.628. The summed E-state index contributed by atoms with van der Waals surface area (Å²) >= 11 is 0. The first-order valence-electron chi connectivity index (χ1n) is 15.4. The summed E-state index contributed by atoms with van der Waals surface area (Å²) in [5.74, 6) is 1.92. The van der Waals surface area contributed by atoms with Crippen molar-refractivity contribution in [1.29, 1.82) is 0 Å². The second-order valence-corrected chi connectivity index (χ2v) is 11.4. The van der Waals surface area contributed by atoms with E-state index in [1.165, 1.54) is 16.6 Å². The van der Waals surface area contributed by atoms with Gasteiger partial charge in [0, 0.05) is 33.3 Å². The molecule has 1 aliphatic heterocycles. The van der Waals surface area contributed by atoms with E-state index < -0.39 is 0 Å². The molecule has 6 aromatic carbocycles. The highest BCUT2D eigenvalue weighted by molar-refractivity contribution is 5.99. The van der Waals surface area contributed by atoms with Crippen LogP contribution >= 0.6 is 0 Å². The molecule has 0 saturated heterocycles. The molecule has 0 fully saturated rings. The number of anilines is 3. The maximum Gasteiger partial charge on any atom is 0.164 e. The van der Waals surface area contributed by atoms with Gasteiger partial charge in [0.25, 0.3) is 0 Å². The molecule has 9 rings (SSSR count). The Morgan fingerprint density at radius 1 is 0.391 bits per heavy atom. The summed E-state index contributed by atoms with van der Waals surface area (Å²) < 4.78 is 2.39. The van der Waals surface area contributed by atoms with Crippen LogP contribution in [-0.2, 0) is 0 Å². The van der Waals surface area contributed by atoms with Crippen molar-refractivity contribution in [3.63, 3.8) is 0 Å². The Hall–Kier alpha value is -6.33. The van der Waals surface area contributed by atoms with Crippen LogP contribution < -0.4 is 4.90 Å². The molecule has 5 nitrogen and oxygen atoms in total. The molecular formula is C41H27N5. The van der Waals surface area contributed by atoms with Gasteiger partial charge in [-0.15, -0.1) is 0 Å². The molecule has 0 atom stereocenters. The minimum Gasteiger partial charge on any atom is -0.308 e. The Morgan fingerprint density at radius 3 is 1.65 bits per heavy atom. The van der Waals surface area contributed by atoms with Gasteiger partial charge in [0.05, 0.1) is 28.3 Å². The molecule has 0 bridgehead atoms. The molecule has 216 valence electrons. The molecule has 1 aliphatic rings. The average Bonchev–Trinajstić information content (AvgIpc) is 3.47. The van der Waals surface area contributed by atoms with Crippen molar-refractivity contribution in [3.05, 3.63) is 164 Å². The van der Waals surface area contributed by atoms with Crippen molar-refractivity contribution < 1.29 is 0 Å². The Morgan fingerprint density at radius 2 is 0.935 bits per heavy atom. The van der Waals surface area contributed by atoms with Crippen LogP contribution in [0.15, 0.2) is 164 Å². The van der Waals surface area contributed by atoms with E-state index in [0.29, 0.717) is 17.5 Å². The molecular weight excluding hydrogens is 562 g/mol. The Balaban J connectivity index is 1.25. The van der Waals surface area contributed by atoms with Gasteiger partial charge in [-0.2, -0.15) is 0 Å². The fraction of sp³-hybridized carbons (Fsp3) is 0. The molecule has 0 N–H and O–H groups in total. The third-order valence-electron chi connectivity index (χ3n) is 8.56. The Labute approximate surface area is 266 Å². The minimum absolute atomic E-state index is 0.628. The first-order valence-corrected chi connectivity index (χ1v) is 15.4. The number of hydrogen-bond acceptors (Lipinski definition) is 4. The molecule has 8 aromatic rings. The zero-order chi connectivity index (χ0) is 30.5. The van der Waals surface area contributed by atoms with E-state index in [4.69, 9.17) is 15.0 Å². The lowest BCUT2D eigenvalue weighted by Gasteiger charge is -2.27. The van der Waals surface area contributed by atoms with E-state index in [-0.39, 0.29) is 0 Å². The van der Waals surface area contributed by atoms with Crippen molar-refractivity contribution in [1.82, 2.24) is 19.5 Å². The van der Waals surface area contributed by atoms with Crippen LogP contribution in [0.3, 0.4) is 0 Å². The van der Waals surface area contributed by atoms with Gasteiger partial charge in [-0.25, -0.2) is 15.0 Å². The summed E-state index contributed by atoms with van der Waals surface area (Å²) in [6.07, 6.45) is 0. The molecule has 2 aromatic heterocycles. The lowest BCUT2D eigenvalue weighted by Crippen LogP contribution is -2.11. The second kappa shape index (κ2) is 10.7. The van der Waals surface area contributed by atoms with E-state index in [9.17, 15) is 0 Å². The lowest BCUT2D eigenvalue weighted by molar-refractivity contribution is 1.07. The number of benzene rings is 6. The lowest BCUT2D eigenvalue weighted by atomic mass is 10.1. The summed E-state index contributed by atoms with van der Waals surface area (Å²) in [6, 6.07) is 56.9. The molecule has 0 amide bonds. The van der Waals surface area contributed by atoms with Gasteiger partial charge in [-0.1, -0.05) is 121 Å². The van der Waals surface area contributed by atoms with Gasteiger partial charge >= 0.3 is 0 Å². The van der Waals surface area contributed by atoms with E-state index >= 15 is 0 Å². The van der Waals surface area contributed by atoms with Gasteiger partial charge in [0.1, 0.15) is 0 Å². The van der Waals surface area contributed by atoms with Gasteiger partial charge in [-0.3, -0.25) is 0 Å². The smallest absolute Gasteiger partial charge is 0.164 e. The molecule has 0 saturated carbocycles. The fourth-order valence-electron chi connectivity index (χ4n) is 6.47. The summed E-state index contributed by atoms with van der Waals surface area (Å²) in [6.45, 7) is 0. The van der Waals surface area contributed by atoms with E-state index in [1.807, 2.05) is 60.7 Å². The normalized spacial score (nSPS) is 11.9. The Kier molecular flexibility index (Phi) is 6.06. The molecule has 5 heteroatoms. The van der Waals surface area contributed by atoms with Crippen molar-refractivity contribution in [2.24, 2.45) is 0 Å².